The minimum Gasteiger partial charge on any atom is -0.480 e. The molecule has 2 aromatic heterocycles. The van der Waals surface area contributed by atoms with Crippen LogP contribution in [0.25, 0.3) is 10.9 Å². The van der Waals surface area contributed by atoms with E-state index in [0.717, 1.165) is 4.47 Å². The number of nitro groups is 1. The van der Waals surface area contributed by atoms with E-state index in [-0.39, 0.29) is 5.69 Å². The molecule has 0 saturated heterocycles. The average Bonchev–Trinajstić information content (AvgIpc) is 2.55. The van der Waals surface area contributed by atoms with Crippen LogP contribution < -0.4 is 10.1 Å². The smallest absolute Gasteiger partial charge is 0.311 e. The van der Waals surface area contributed by atoms with Crippen molar-refractivity contribution in [2.24, 2.45) is 0 Å². The van der Waals surface area contributed by atoms with Gasteiger partial charge in [-0.1, -0.05) is 15.9 Å². The zero-order chi connectivity index (χ0) is 16.4. The summed E-state index contributed by atoms with van der Waals surface area (Å²) in [7, 11) is 1.49. The Morgan fingerprint density at radius 3 is 2.87 bits per heavy atom. The summed E-state index contributed by atoms with van der Waals surface area (Å²) in [6.07, 6.45) is 2.82. The summed E-state index contributed by atoms with van der Waals surface area (Å²) < 4.78 is 5.98. The highest BCUT2D eigenvalue weighted by molar-refractivity contribution is 9.10. The molecule has 3 rings (SSSR count). The molecule has 3 aromatic rings. The number of hydrogen-bond donors (Lipinski definition) is 1. The number of rotatable bonds is 4. The first-order valence-corrected chi connectivity index (χ1v) is 7.38. The first-order valence-electron chi connectivity index (χ1n) is 6.59. The van der Waals surface area contributed by atoms with Crippen LogP contribution in [0.1, 0.15) is 0 Å². The van der Waals surface area contributed by atoms with Crippen molar-refractivity contribution in [1.82, 2.24) is 9.97 Å². The number of ether oxygens (including phenoxy) is 1. The third-order valence-electron chi connectivity index (χ3n) is 3.23. The van der Waals surface area contributed by atoms with Crippen LogP contribution in [0, 0.1) is 10.1 Å². The van der Waals surface area contributed by atoms with Crippen molar-refractivity contribution in [2.45, 2.75) is 0 Å². The average molecular weight is 375 g/mol. The quantitative estimate of drug-likeness (QED) is 0.547. The molecule has 0 bridgehead atoms. The predicted octanol–water partition coefficient (Wildman–Crippen LogP) is 4.05. The second-order valence-electron chi connectivity index (χ2n) is 4.62. The number of benzene rings is 1. The number of hydrogen-bond acceptors (Lipinski definition) is 6. The number of halogens is 1. The molecule has 7 nitrogen and oxygen atoms in total. The highest BCUT2D eigenvalue weighted by Crippen LogP contribution is 2.36. The van der Waals surface area contributed by atoms with E-state index in [4.69, 9.17) is 4.74 Å². The maximum atomic E-state index is 11.4. The molecule has 0 spiro atoms. The molecule has 116 valence electrons. The Labute approximate surface area is 139 Å². The summed E-state index contributed by atoms with van der Waals surface area (Å²) in [5.74, 6) is 0.349. The van der Waals surface area contributed by atoms with Crippen molar-refractivity contribution in [3.63, 3.8) is 0 Å². The fraction of sp³-hybridized carbons (Fsp3) is 0.0667. The van der Waals surface area contributed by atoms with Crippen molar-refractivity contribution >= 4 is 43.9 Å². The van der Waals surface area contributed by atoms with Gasteiger partial charge in [-0.2, -0.15) is 0 Å². The maximum Gasteiger partial charge on any atom is 0.311 e. The van der Waals surface area contributed by atoms with Gasteiger partial charge in [0.25, 0.3) is 0 Å². The standard InChI is InChI=1S/C15H11BrN4O3/c1-23-15-12(3-2-6-17-15)19-14-10-7-9(16)4-5-11(10)18-8-13(14)20(21)22/h2-8H,1H3,(H,18,19). The summed E-state index contributed by atoms with van der Waals surface area (Å²) >= 11 is 3.38. The fourth-order valence-electron chi connectivity index (χ4n) is 2.21. The van der Waals surface area contributed by atoms with Gasteiger partial charge in [-0.05, 0) is 30.3 Å². The lowest BCUT2D eigenvalue weighted by Crippen LogP contribution is -2.01. The molecule has 0 aliphatic heterocycles. The van der Waals surface area contributed by atoms with Crippen molar-refractivity contribution in [3.05, 3.63) is 57.3 Å². The molecule has 0 saturated carbocycles. The number of nitrogens with zero attached hydrogens (tertiary/aromatic N) is 3. The highest BCUT2D eigenvalue weighted by Gasteiger charge is 2.20. The van der Waals surface area contributed by atoms with Crippen LogP contribution in [-0.4, -0.2) is 22.0 Å². The van der Waals surface area contributed by atoms with Crippen LogP contribution in [0.2, 0.25) is 0 Å². The lowest BCUT2D eigenvalue weighted by atomic mass is 10.1. The minimum absolute atomic E-state index is 0.124. The van der Waals surface area contributed by atoms with E-state index in [1.165, 1.54) is 13.3 Å². The molecule has 0 amide bonds. The zero-order valence-corrected chi connectivity index (χ0v) is 13.6. The van der Waals surface area contributed by atoms with Gasteiger partial charge in [-0.3, -0.25) is 10.1 Å². The SMILES string of the molecule is COc1ncccc1Nc1c([N+](=O)[O-])cnc2ccc(Br)cc12. The number of pyridine rings is 2. The third kappa shape index (κ3) is 2.93. The van der Waals surface area contributed by atoms with Gasteiger partial charge in [0.1, 0.15) is 17.6 Å². The van der Waals surface area contributed by atoms with Crippen molar-refractivity contribution < 1.29 is 9.66 Å². The fourth-order valence-corrected chi connectivity index (χ4v) is 2.57. The molecule has 1 aromatic carbocycles. The normalized spacial score (nSPS) is 10.5. The van der Waals surface area contributed by atoms with Crippen molar-refractivity contribution in [1.29, 1.82) is 0 Å². The molecule has 0 aliphatic carbocycles. The number of anilines is 2. The summed E-state index contributed by atoms with van der Waals surface area (Å²) in [5, 5.41) is 15.0. The summed E-state index contributed by atoms with van der Waals surface area (Å²) in [6.45, 7) is 0. The van der Waals surface area contributed by atoms with E-state index < -0.39 is 4.92 Å². The summed E-state index contributed by atoms with van der Waals surface area (Å²) in [4.78, 5) is 19.1. The lowest BCUT2D eigenvalue weighted by molar-refractivity contribution is -0.384. The number of methoxy groups -OCH3 is 1. The van der Waals surface area contributed by atoms with E-state index in [1.807, 2.05) is 6.07 Å². The number of fused-ring (bicyclic) bond motifs is 1. The van der Waals surface area contributed by atoms with Gasteiger partial charge in [0, 0.05) is 16.1 Å². The monoisotopic (exact) mass is 374 g/mol. The first-order chi connectivity index (χ1) is 11.1. The second kappa shape index (κ2) is 6.17. The molecule has 0 atom stereocenters. The minimum atomic E-state index is -0.474. The van der Waals surface area contributed by atoms with Crippen LogP contribution in [0.3, 0.4) is 0 Å². The topological polar surface area (TPSA) is 90.2 Å². The maximum absolute atomic E-state index is 11.4. The summed E-state index contributed by atoms with van der Waals surface area (Å²) in [5.41, 5.74) is 1.39. The molecule has 0 radical (unpaired) electrons. The van der Waals surface area contributed by atoms with E-state index in [9.17, 15) is 10.1 Å². The van der Waals surface area contributed by atoms with E-state index in [0.29, 0.717) is 28.2 Å². The first kappa shape index (κ1) is 15.2. The molecule has 1 N–H and O–H groups in total. The van der Waals surface area contributed by atoms with Crippen LogP contribution >= 0.6 is 15.9 Å². The van der Waals surface area contributed by atoms with E-state index >= 15 is 0 Å². The Bertz CT molecular complexity index is 901. The van der Waals surface area contributed by atoms with Crippen LogP contribution in [0.5, 0.6) is 5.88 Å². The number of nitrogens with one attached hydrogen (secondary N) is 1. The van der Waals surface area contributed by atoms with Crippen molar-refractivity contribution in [2.75, 3.05) is 12.4 Å². The molecule has 8 heteroatoms. The summed E-state index contributed by atoms with van der Waals surface area (Å²) in [6, 6.07) is 8.85. The molecule has 0 aliphatic rings. The molecule has 2 heterocycles. The van der Waals surface area contributed by atoms with Gasteiger partial charge in [-0.25, -0.2) is 9.97 Å². The number of aromatic nitrogens is 2. The Balaban J connectivity index is 2.23. The van der Waals surface area contributed by atoms with Gasteiger partial charge in [0.05, 0.1) is 17.5 Å². The molecular formula is C15H11BrN4O3. The van der Waals surface area contributed by atoms with Gasteiger partial charge in [0.15, 0.2) is 0 Å². The Kier molecular flexibility index (Phi) is 4.07. The van der Waals surface area contributed by atoms with Gasteiger partial charge in [-0.15, -0.1) is 0 Å². The highest BCUT2D eigenvalue weighted by atomic mass is 79.9. The molecule has 0 unspecified atom stereocenters. The third-order valence-corrected chi connectivity index (χ3v) is 3.72. The van der Waals surface area contributed by atoms with Crippen LogP contribution in [0.15, 0.2) is 47.2 Å². The largest absolute Gasteiger partial charge is 0.480 e. The Morgan fingerprint density at radius 1 is 1.30 bits per heavy atom. The van der Waals surface area contributed by atoms with E-state index in [2.05, 4.69) is 31.2 Å². The van der Waals surface area contributed by atoms with Crippen LogP contribution in [-0.2, 0) is 0 Å². The second-order valence-corrected chi connectivity index (χ2v) is 5.54. The van der Waals surface area contributed by atoms with E-state index in [1.54, 1.807) is 30.5 Å². The molecular weight excluding hydrogens is 364 g/mol. The van der Waals surface area contributed by atoms with Gasteiger partial charge >= 0.3 is 5.69 Å². The van der Waals surface area contributed by atoms with Gasteiger partial charge < -0.3 is 10.1 Å². The molecule has 0 fully saturated rings. The van der Waals surface area contributed by atoms with Crippen LogP contribution in [0.4, 0.5) is 17.1 Å². The van der Waals surface area contributed by atoms with Crippen molar-refractivity contribution in [3.8, 4) is 5.88 Å². The lowest BCUT2D eigenvalue weighted by Gasteiger charge is -2.12. The Hall–Kier alpha value is -2.74. The molecule has 23 heavy (non-hydrogen) atoms. The zero-order valence-electron chi connectivity index (χ0n) is 12.0. The van der Waals surface area contributed by atoms with Gasteiger partial charge in [0.2, 0.25) is 5.88 Å². The predicted molar refractivity (Wildman–Crippen MR) is 90.2 cm³/mol. The Morgan fingerprint density at radius 2 is 2.13 bits per heavy atom.